The molecule has 36 heavy (non-hydrogen) atoms. The van der Waals surface area contributed by atoms with Crippen molar-refractivity contribution in [3.8, 4) is 17.2 Å². The Bertz CT molecular complexity index is 1460. The number of aromatic nitrogens is 2. The molecular formula is C26H25N3O6S. The van der Waals surface area contributed by atoms with Crippen molar-refractivity contribution in [3.05, 3.63) is 75.5 Å². The average Bonchev–Trinajstić information content (AvgIpc) is 3.28. The zero-order chi connectivity index (χ0) is 25.7. The Balaban J connectivity index is 1.70. The smallest absolute Gasteiger partial charge is 0.359 e. The first-order valence-corrected chi connectivity index (χ1v) is 12.2. The Kier molecular flexibility index (Phi) is 7.65. The van der Waals surface area contributed by atoms with Crippen LogP contribution < -0.4 is 20.3 Å². The number of carbonyl (C=O) groups is 2. The highest BCUT2D eigenvalue weighted by Crippen LogP contribution is 2.31. The van der Waals surface area contributed by atoms with Crippen molar-refractivity contribution in [3.63, 3.8) is 0 Å². The number of fused-ring (bicyclic) bond motifs is 1. The maximum absolute atomic E-state index is 13.5. The predicted octanol–water partition coefficient (Wildman–Crippen LogP) is 4.35. The summed E-state index contributed by atoms with van der Waals surface area (Å²) < 4.78 is 17.3. The third-order valence-corrected chi connectivity index (χ3v) is 6.02. The summed E-state index contributed by atoms with van der Waals surface area (Å²) in [5.41, 5.74) is 0.930. The molecule has 0 fully saturated rings. The lowest BCUT2D eigenvalue weighted by molar-refractivity contribution is -0.118. The molecule has 1 N–H and O–H groups in total. The first-order valence-electron chi connectivity index (χ1n) is 11.4. The zero-order valence-corrected chi connectivity index (χ0v) is 20.9. The molecule has 4 aromatic rings. The van der Waals surface area contributed by atoms with Crippen LogP contribution in [0.15, 0.2) is 58.7 Å². The van der Waals surface area contributed by atoms with Crippen LogP contribution in [-0.4, -0.2) is 41.5 Å². The van der Waals surface area contributed by atoms with E-state index in [0.29, 0.717) is 34.2 Å². The van der Waals surface area contributed by atoms with Crippen molar-refractivity contribution >= 4 is 39.0 Å². The third kappa shape index (κ3) is 5.38. The van der Waals surface area contributed by atoms with Crippen molar-refractivity contribution < 1.29 is 23.8 Å². The van der Waals surface area contributed by atoms with Gasteiger partial charge in [0.25, 0.3) is 11.5 Å². The number of anilines is 1. The number of esters is 1. The van der Waals surface area contributed by atoms with E-state index in [1.807, 2.05) is 32.0 Å². The Labute approximate surface area is 211 Å². The minimum absolute atomic E-state index is 0.0203. The van der Waals surface area contributed by atoms with Crippen molar-refractivity contribution in [1.82, 2.24) is 9.78 Å². The Morgan fingerprint density at radius 2 is 1.81 bits per heavy atom. The lowest BCUT2D eigenvalue weighted by Crippen LogP contribution is -2.26. The summed E-state index contributed by atoms with van der Waals surface area (Å²) in [5, 5.41) is 9.40. The third-order valence-electron chi connectivity index (χ3n) is 5.13. The number of nitrogens with zero attached hydrogens (tertiary/aromatic N) is 2. The van der Waals surface area contributed by atoms with Crippen molar-refractivity contribution in [2.24, 2.45) is 0 Å². The van der Waals surface area contributed by atoms with E-state index in [1.54, 1.807) is 42.6 Å². The van der Waals surface area contributed by atoms with Crippen LogP contribution in [0.2, 0.25) is 0 Å². The molecule has 0 radical (unpaired) electrons. The van der Waals surface area contributed by atoms with Gasteiger partial charge in [-0.05, 0) is 62.7 Å². The van der Waals surface area contributed by atoms with Crippen LogP contribution in [0.1, 0.15) is 29.9 Å². The fourth-order valence-corrected chi connectivity index (χ4v) is 4.49. The minimum Gasteiger partial charge on any atom is -0.494 e. The number of rotatable bonds is 9. The van der Waals surface area contributed by atoms with E-state index in [-0.39, 0.29) is 24.3 Å². The van der Waals surface area contributed by atoms with Crippen LogP contribution >= 0.6 is 11.3 Å². The van der Waals surface area contributed by atoms with Crippen molar-refractivity contribution in [1.29, 1.82) is 0 Å². The Morgan fingerprint density at radius 1 is 1.03 bits per heavy atom. The zero-order valence-electron chi connectivity index (χ0n) is 20.1. The lowest BCUT2D eigenvalue weighted by Gasteiger charge is -2.11. The van der Waals surface area contributed by atoms with Gasteiger partial charge in [0.15, 0.2) is 12.3 Å². The first kappa shape index (κ1) is 24.9. The molecule has 2 aromatic carbocycles. The van der Waals surface area contributed by atoms with E-state index in [0.717, 1.165) is 21.6 Å². The van der Waals surface area contributed by atoms with E-state index < -0.39 is 17.4 Å². The molecule has 0 aliphatic heterocycles. The number of nitrogens with one attached hydrogen (secondary N) is 1. The van der Waals surface area contributed by atoms with Gasteiger partial charge in [0.05, 0.1) is 24.3 Å². The highest BCUT2D eigenvalue weighted by Gasteiger charge is 2.23. The molecule has 4 rings (SSSR count). The molecule has 0 saturated heterocycles. The molecule has 0 saturated carbocycles. The molecule has 0 spiro atoms. The molecule has 0 bridgehead atoms. The molecule has 9 nitrogen and oxygen atoms in total. The molecule has 186 valence electrons. The van der Waals surface area contributed by atoms with Crippen LogP contribution in [0.4, 0.5) is 5.00 Å². The molecule has 2 aromatic heterocycles. The normalized spacial score (nSPS) is 10.8. The number of carbonyl (C=O) groups excluding carboxylic acids is 2. The summed E-state index contributed by atoms with van der Waals surface area (Å²) in [6, 6.07) is 14.1. The van der Waals surface area contributed by atoms with E-state index in [2.05, 4.69) is 10.4 Å². The number of aryl methyl sites for hydroxylation is 1. The second-order valence-electron chi connectivity index (χ2n) is 7.72. The highest BCUT2D eigenvalue weighted by atomic mass is 32.1. The average molecular weight is 508 g/mol. The van der Waals surface area contributed by atoms with Crippen LogP contribution in [0.5, 0.6) is 11.5 Å². The Morgan fingerprint density at radius 3 is 2.50 bits per heavy atom. The Hall–Kier alpha value is -4.18. The van der Waals surface area contributed by atoms with Crippen molar-refractivity contribution in [2.75, 3.05) is 25.1 Å². The summed E-state index contributed by atoms with van der Waals surface area (Å²) >= 11 is 1.12. The van der Waals surface area contributed by atoms with Crippen molar-refractivity contribution in [2.45, 2.75) is 20.8 Å². The highest BCUT2D eigenvalue weighted by molar-refractivity contribution is 7.16. The maximum Gasteiger partial charge on any atom is 0.359 e. The summed E-state index contributed by atoms with van der Waals surface area (Å²) in [6.45, 7) is 5.89. The summed E-state index contributed by atoms with van der Waals surface area (Å²) in [4.78, 5) is 38.8. The maximum atomic E-state index is 13.5. The molecule has 0 unspecified atom stereocenters. The lowest BCUT2D eigenvalue weighted by atomic mass is 10.2. The number of ether oxygens (including phenoxy) is 3. The van der Waals surface area contributed by atoms with Gasteiger partial charge in [-0.3, -0.25) is 9.59 Å². The second-order valence-corrected chi connectivity index (χ2v) is 8.60. The minimum atomic E-state index is -0.666. The molecule has 0 aliphatic rings. The van der Waals surface area contributed by atoms with Gasteiger partial charge in [0.2, 0.25) is 0 Å². The molecule has 2 heterocycles. The van der Waals surface area contributed by atoms with Crippen LogP contribution in [0.25, 0.3) is 16.5 Å². The largest absolute Gasteiger partial charge is 0.494 e. The predicted molar refractivity (Wildman–Crippen MR) is 138 cm³/mol. The van der Waals surface area contributed by atoms with Crippen LogP contribution in [-0.2, 0) is 9.53 Å². The molecule has 10 heteroatoms. The van der Waals surface area contributed by atoms with Gasteiger partial charge < -0.3 is 19.5 Å². The van der Waals surface area contributed by atoms with Crippen LogP contribution in [0.3, 0.4) is 0 Å². The number of thiophene rings is 1. The van der Waals surface area contributed by atoms with Crippen LogP contribution in [0, 0.1) is 6.92 Å². The summed E-state index contributed by atoms with van der Waals surface area (Å²) in [7, 11) is 0. The monoisotopic (exact) mass is 507 g/mol. The molecule has 0 aliphatic carbocycles. The fourth-order valence-electron chi connectivity index (χ4n) is 3.53. The summed E-state index contributed by atoms with van der Waals surface area (Å²) in [6.07, 6.45) is 0. The van der Waals surface area contributed by atoms with Gasteiger partial charge >= 0.3 is 5.97 Å². The number of hydrogen-bond donors (Lipinski definition) is 1. The quantitative estimate of drug-likeness (QED) is 0.336. The molecule has 1 amide bonds. The molecule has 0 atom stereocenters. The number of hydrogen-bond acceptors (Lipinski definition) is 8. The van der Waals surface area contributed by atoms with E-state index in [9.17, 15) is 14.4 Å². The van der Waals surface area contributed by atoms with E-state index in [1.165, 1.54) is 0 Å². The van der Waals surface area contributed by atoms with Gasteiger partial charge in [-0.1, -0.05) is 12.1 Å². The molecular weight excluding hydrogens is 482 g/mol. The standard InChI is InChI=1S/C26H25N3O6S/c1-4-33-18-11-9-17(10-12-18)29-25(31)22-20(23(28-29)26(32)34-5-2)15-36-24(22)27-21(30)14-35-19-8-6-7-16(3)13-19/h6-13,15H,4-5,14H2,1-3H3,(H,27,30). The number of amides is 1. The van der Waals surface area contributed by atoms with Gasteiger partial charge in [-0.2, -0.15) is 9.78 Å². The topological polar surface area (TPSA) is 109 Å². The van der Waals surface area contributed by atoms with Gasteiger partial charge in [-0.15, -0.1) is 11.3 Å². The van der Waals surface area contributed by atoms with Gasteiger partial charge in [-0.25, -0.2) is 4.79 Å². The fraction of sp³-hybridized carbons (Fsp3) is 0.231. The number of benzene rings is 2. The van der Waals surface area contributed by atoms with Gasteiger partial charge in [0, 0.05) is 10.8 Å². The summed E-state index contributed by atoms with van der Waals surface area (Å²) in [5.74, 6) is 0.0911. The van der Waals surface area contributed by atoms with E-state index >= 15 is 0 Å². The van der Waals surface area contributed by atoms with Gasteiger partial charge in [0.1, 0.15) is 16.5 Å². The SMILES string of the molecule is CCOC(=O)c1nn(-c2ccc(OCC)cc2)c(=O)c2c(NC(=O)COc3cccc(C)c3)scc12. The first-order chi connectivity index (χ1) is 17.4. The second kappa shape index (κ2) is 11.0. The van der Waals surface area contributed by atoms with E-state index in [4.69, 9.17) is 14.2 Å².